The monoisotopic (exact) mass is 338 g/mol. The van der Waals surface area contributed by atoms with Crippen molar-refractivity contribution in [2.24, 2.45) is 0 Å². The minimum absolute atomic E-state index is 0.0482. The van der Waals surface area contributed by atoms with Crippen molar-refractivity contribution >= 4 is 23.4 Å². The van der Waals surface area contributed by atoms with Crippen molar-refractivity contribution in [2.75, 3.05) is 6.61 Å². The molecular formula is C16H19ClN2O2S. The largest absolute Gasteiger partial charge is 0.395 e. The lowest BCUT2D eigenvalue weighted by Gasteiger charge is -2.22. The van der Waals surface area contributed by atoms with E-state index in [0.717, 1.165) is 5.56 Å². The molecule has 4 nitrogen and oxygen atoms in total. The van der Waals surface area contributed by atoms with Gasteiger partial charge in [0.2, 0.25) is 0 Å². The molecule has 0 bridgehead atoms. The molecule has 6 heteroatoms. The van der Waals surface area contributed by atoms with Crippen LogP contribution in [-0.4, -0.2) is 21.5 Å². The van der Waals surface area contributed by atoms with Crippen molar-refractivity contribution in [3.63, 3.8) is 0 Å². The van der Waals surface area contributed by atoms with E-state index in [4.69, 9.17) is 11.6 Å². The number of thioether (sulfide) groups is 1. The average molecular weight is 339 g/mol. The Bertz CT molecular complexity index is 696. The number of hydrogen-bond acceptors (Lipinski definition) is 4. The Morgan fingerprint density at radius 1 is 1.32 bits per heavy atom. The molecule has 0 fully saturated rings. The quantitative estimate of drug-likeness (QED) is 0.867. The van der Waals surface area contributed by atoms with E-state index in [9.17, 15) is 9.90 Å². The summed E-state index contributed by atoms with van der Waals surface area (Å²) < 4.78 is 1.37. The van der Waals surface area contributed by atoms with Crippen LogP contribution in [0, 0.1) is 0 Å². The van der Waals surface area contributed by atoms with Gasteiger partial charge in [-0.25, -0.2) is 4.68 Å². The van der Waals surface area contributed by atoms with Gasteiger partial charge in [-0.2, -0.15) is 5.10 Å². The van der Waals surface area contributed by atoms with Gasteiger partial charge >= 0.3 is 0 Å². The third-order valence-corrected chi connectivity index (χ3v) is 4.88. The molecule has 1 N–H and O–H groups in total. The molecule has 0 radical (unpaired) electrons. The first kappa shape index (κ1) is 17.1. The van der Waals surface area contributed by atoms with E-state index >= 15 is 0 Å². The standard InChI is InChI=1S/C16H19ClN2O2S/c1-16(2,3)19-15(21)14(17)12(9-18-19)22-13(10-20)11-7-5-4-6-8-11/h4-9,13,20H,10H2,1-3H3. The van der Waals surface area contributed by atoms with Gasteiger partial charge in [-0.15, -0.1) is 11.8 Å². The predicted molar refractivity (Wildman–Crippen MR) is 90.6 cm³/mol. The average Bonchev–Trinajstić information content (AvgIpc) is 2.48. The second kappa shape index (κ2) is 6.86. The summed E-state index contributed by atoms with van der Waals surface area (Å²) in [7, 11) is 0. The summed E-state index contributed by atoms with van der Waals surface area (Å²) in [6.07, 6.45) is 1.59. The van der Waals surface area contributed by atoms with Gasteiger partial charge in [-0.1, -0.05) is 41.9 Å². The van der Waals surface area contributed by atoms with Crippen molar-refractivity contribution < 1.29 is 5.11 Å². The van der Waals surface area contributed by atoms with Gasteiger partial charge < -0.3 is 5.11 Å². The summed E-state index contributed by atoms with van der Waals surface area (Å²) in [5, 5.41) is 13.8. The van der Waals surface area contributed by atoms with Crippen LogP contribution < -0.4 is 5.56 Å². The van der Waals surface area contributed by atoms with Crippen LogP contribution in [0.25, 0.3) is 0 Å². The van der Waals surface area contributed by atoms with Gasteiger partial charge in [-0.05, 0) is 26.3 Å². The topological polar surface area (TPSA) is 55.1 Å². The highest BCUT2D eigenvalue weighted by Gasteiger charge is 2.21. The van der Waals surface area contributed by atoms with Crippen LogP contribution in [0.1, 0.15) is 31.6 Å². The van der Waals surface area contributed by atoms with E-state index in [1.807, 2.05) is 51.1 Å². The molecule has 1 atom stereocenters. The van der Waals surface area contributed by atoms with Gasteiger partial charge in [0.25, 0.3) is 5.56 Å². The summed E-state index contributed by atoms with van der Waals surface area (Å²) in [6.45, 7) is 5.63. The zero-order chi connectivity index (χ0) is 16.3. The second-order valence-corrected chi connectivity index (χ2v) is 7.53. The number of benzene rings is 1. The molecule has 1 unspecified atom stereocenters. The molecule has 2 aromatic rings. The first-order chi connectivity index (χ1) is 10.3. The summed E-state index contributed by atoms with van der Waals surface area (Å²) in [5.74, 6) is 0. The van der Waals surface area contributed by atoms with E-state index < -0.39 is 5.54 Å². The fourth-order valence-corrected chi connectivity index (χ4v) is 3.24. The number of aliphatic hydroxyl groups excluding tert-OH is 1. The Morgan fingerprint density at radius 2 is 1.95 bits per heavy atom. The molecule has 118 valence electrons. The molecule has 0 aliphatic carbocycles. The van der Waals surface area contributed by atoms with Gasteiger partial charge in [0.1, 0.15) is 5.02 Å². The van der Waals surface area contributed by atoms with Crippen molar-refractivity contribution in [3.05, 3.63) is 57.5 Å². The Kier molecular flexibility index (Phi) is 5.32. The third-order valence-electron chi connectivity index (χ3n) is 3.13. The maximum Gasteiger partial charge on any atom is 0.287 e. The number of nitrogens with zero attached hydrogens (tertiary/aromatic N) is 2. The molecule has 0 saturated carbocycles. The normalized spacial score (nSPS) is 13.1. The van der Waals surface area contributed by atoms with Crippen LogP contribution >= 0.6 is 23.4 Å². The lowest BCUT2D eigenvalue weighted by molar-refractivity contribution is 0.296. The highest BCUT2D eigenvalue weighted by Crippen LogP contribution is 2.37. The van der Waals surface area contributed by atoms with E-state index in [1.165, 1.54) is 16.4 Å². The summed E-state index contributed by atoms with van der Waals surface area (Å²) in [4.78, 5) is 12.9. The van der Waals surface area contributed by atoms with Gasteiger partial charge in [0.15, 0.2) is 0 Å². The lowest BCUT2D eigenvalue weighted by Crippen LogP contribution is -2.36. The third kappa shape index (κ3) is 3.72. The fraction of sp³-hybridized carbons (Fsp3) is 0.375. The van der Waals surface area contributed by atoms with Crippen molar-refractivity contribution in [2.45, 2.75) is 36.5 Å². The molecule has 0 amide bonds. The molecule has 1 aromatic carbocycles. The second-order valence-electron chi connectivity index (χ2n) is 5.91. The smallest absolute Gasteiger partial charge is 0.287 e. The lowest BCUT2D eigenvalue weighted by atomic mass is 10.1. The van der Waals surface area contributed by atoms with E-state index in [0.29, 0.717) is 4.90 Å². The first-order valence-corrected chi connectivity index (χ1v) is 8.21. The Balaban J connectivity index is 2.34. The molecule has 0 aliphatic rings. The molecule has 0 saturated heterocycles. The van der Waals surface area contributed by atoms with Crippen LogP contribution in [0.5, 0.6) is 0 Å². The molecule has 0 spiro atoms. The Labute approximate surface area is 139 Å². The summed E-state index contributed by atoms with van der Waals surface area (Å²) in [6, 6.07) is 9.62. The van der Waals surface area contributed by atoms with Crippen molar-refractivity contribution in [3.8, 4) is 0 Å². The fourth-order valence-electron chi connectivity index (χ4n) is 2.01. The highest BCUT2D eigenvalue weighted by molar-refractivity contribution is 7.99. The minimum Gasteiger partial charge on any atom is -0.395 e. The van der Waals surface area contributed by atoms with Crippen molar-refractivity contribution in [1.29, 1.82) is 0 Å². The first-order valence-electron chi connectivity index (χ1n) is 6.95. The maximum absolute atomic E-state index is 12.3. The van der Waals surface area contributed by atoms with Gasteiger partial charge in [0.05, 0.1) is 28.5 Å². The number of aromatic nitrogens is 2. The van der Waals surface area contributed by atoms with Gasteiger partial charge in [-0.3, -0.25) is 4.79 Å². The molecule has 1 aromatic heterocycles. The molecular weight excluding hydrogens is 320 g/mol. The number of hydrogen-bond donors (Lipinski definition) is 1. The summed E-state index contributed by atoms with van der Waals surface area (Å²) >= 11 is 7.56. The van der Waals surface area contributed by atoms with Crippen LogP contribution in [0.3, 0.4) is 0 Å². The van der Waals surface area contributed by atoms with E-state index in [-0.39, 0.29) is 22.4 Å². The maximum atomic E-state index is 12.3. The number of rotatable bonds is 4. The predicted octanol–water partition coefficient (Wildman–Crippen LogP) is 3.48. The van der Waals surface area contributed by atoms with E-state index in [2.05, 4.69) is 5.10 Å². The molecule has 2 rings (SSSR count). The zero-order valence-corrected chi connectivity index (χ0v) is 14.4. The molecule has 22 heavy (non-hydrogen) atoms. The molecule has 0 aliphatic heterocycles. The Morgan fingerprint density at radius 3 is 2.50 bits per heavy atom. The summed E-state index contributed by atoms with van der Waals surface area (Å²) in [5.41, 5.74) is 0.231. The SMILES string of the molecule is CC(C)(C)n1ncc(SC(CO)c2ccccc2)c(Cl)c1=O. The number of aliphatic hydroxyl groups is 1. The zero-order valence-electron chi connectivity index (χ0n) is 12.8. The molecule has 1 heterocycles. The van der Waals surface area contributed by atoms with E-state index in [1.54, 1.807) is 6.20 Å². The van der Waals surface area contributed by atoms with Crippen LogP contribution in [0.2, 0.25) is 5.02 Å². The minimum atomic E-state index is -0.431. The van der Waals surface area contributed by atoms with Gasteiger partial charge in [0, 0.05) is 0 Å². The van der Waals surface area contributed by atoms with Crippen LogP contribution in [0.4, 0.5) is 0 Å². The van der Waals surface area contributed by atoms with Crippen LogP contribution in [0.15, 0.2) is 46.2 Å². The Hall–Kier alpha value is -1.30. The highest BCUT2D eigenvalue weighted by atomic mass is 35.5. The van der Waals surface area contributed by atoms with Crippen molar-refractivity contribution in [1.82, 2.24) is 9.78 Å². The number of halogens is 1. The van der Waals surface area contributed by atoms with Crippen LogP contribution in [-0.2, 0) is 5.54 Å².